The molecule has 0 aliphatic heterocycles. The molecule has 0 saturated carbocycles. The molecule has 1 aromatic carbocycles. The summed E-state index contributed by atoms with van der Waals surface area (Å²) in [6.45, 7) is 5.14. The van der Waals surface area contributed by atoms with Crippen molar-refractivity contribution in [1.29, 1.82) is 0 Å². The Kier molecular flexibility index (Phi) is 7.90. The highest BCUT2D eigenvalue weighted by atomic mass is 16.5. The van der Waals surface area contributed by atoms with Crippen LogP contribution in [0.2, 0.25) is 0 Å². The Morgan fingerprint density at radius 3 is 2.78 bits per heavy atom. The second-order valence-electron chi connectivity index (χ2n) is 3.87. The molecule has 0 fully saturated rings. The zero-order valence-corrected chi connectivity index (χ0v) is 10.9. The maximum atomic E-state index is 5.53. The van der Waals surface area contributed by atoms with Gasteiger partial charge in [0.2, 0.25) is 0 Å². The fourth-order valence-corrected chi connectivity index (χ4v) is 1.45. The topological polar surface area (TPSA) is 44.5 Å². The van der Waals surface area contributed by atoms with Gasteiger partial charge < -0.3 is 15.2 Å². The fraction of sp³-hybridized carbons (Fsp3) is 0.467. The van der Waals surface area contributed by atoms with Crippen LogP contribution in [-0.2, 0) is 16.1 Å². The lowest BCUT2D eigenvalue weighted by atomic mass is 10.1. The molecule has 0 bridgehead atoms. The van der Waals surface area contributed by atoms with Crippen LogP contribution in [0.3, 0.4) is 0 Å². The Balaban J connectivity index is 2.29. The van der Waals surface area contributed by atoms with E-state index in [0.29, 0.717) is 26.4 Å². The minimum atomic E-state index is 0.384. The lowest BCUT2D eigenvalue weighted by molar-refractivity contribution is 0.0408. The summed E-state index contributed by atoms with van der Waals surface area (Å²) >= 11 is 0. The van der Waals surface area contributed by atoms with Crippen LogP contribution >= 0.6 is 0 Å². The summed E-state index contributed by atoms with van der Waals surface area (Å²) in [5.41, 5.74) is 7.44. The van der Waals surface area contributed by atoms with Crippen LogP contribution in [0.25, 0.3) is 0 Å². The molecule has 2 N–H and O–H groups in total. The van der Waals surface area contributed by atoms with Gasteiger partial charge in [0.05, 0.1) is 26.4 Å². The van der Waals surface area contributed by atoms with Crippen molar-refractivity contribution >= 4 is 0 Å². The Morgan fingerprint density at radius 2 is 2.00 bits per heavy atom. The predicted molar refractivity (Wildman–Crippen MR) is 73.1 cm³/mol. The number of rotatable bonds is 7. The average molecular weight is 247 g/mol. The summed E-state index contributed by atoms with van der Waals surface area (Å²) in [6.07, 6.45) is 1.04. The molecule has 3 nitrogen and oxygen atoms in total. The van der Waals surface area contributed by atoms with Crippen LogP contribution in [0.15, 0.2) is 24.3 Å². The molecule has 0 aliphatic rings. The number of hydrogen-bond donors (Lipinski definition) is 1. The van der Waals surface area contributed by atoms with Crippen molar-refractivity contribution in [1.82, 2.24) is 0 Å². The quantitative estimate of drug-likeness (QED) is 0.591. The summed E-state index contributed by atoms with van der Waals surface area (Å²) in [7, 11) is 0. The first-order valence-corrected chi connectivity index (χ1v) is 6.30. The number of benzene rings is 1. The highest BCUT2D eigenvalue weighted by Gasteiger charge is 1.95. The Labute approximate surface area is 109 Å². The molecule has 1 rings (SSSR count). The van der Waals surface area contributed by atoms with Gasteiger partial charge >= 0.3 is 0 Å². The van der Waals surface area contributed by atoms with E-state index in [9.17, 15) is 0 Å². The molecule has 1 aromatic rings. The van der Waals surface area contributed by atoms with Crippen molar-refractivity contribution in [3.05, 3.63) is 35.4 Å². The Morgan fingerprint density at radius 1 is 1.17 bits per heavy atom. The fourth-order valence-electron chi connectivity index (χ4n) is 1.45. The number of hydrogen-bond acceptors (Lipinski definition) is 3. The minimum absolute atomic E-state index is 0.384. The highest BCUT2D eigenvalue weighted by molar-refractivity contribution is 5.37. The van der Waals surface area contributed by atoms with Crippen LogP contribution in [0.4, 0.5) is 0 Å². The molecule has 98 valence electrons. The maximum Gasteiger partial charge on any atom is 0.0718 e. The lowest BCUT2D eigenvalue weighted by Gasteiger charge is -2.05. The second kappa shape index (κ2) is 9.67. The first-order valence-electron chi connectivity index (χ1n) is 6.30. The van der Waals surface area contributed by atoms with Crippen molar-refractivity contribution in [3.63, 3.8) is 0 Å². The summed E-state index contributed by atoms with van der Waals surface area (Å²) in [5, 5.41) is 0. The van der Waals surface area contributed by atoms with Crippen LogP contribution in [0.1, 0.15) is 24.5 Å². The molecule has 0 heterocycles. The number of ether oxygens (including phenoxy) is 2. The minimum Gasteiger partial charge on any atom is -0.379 e. The average Bonchev–Trinajstić information content (AvgIpc) is 2.41. The van der Waals surface area contributed by atoms with Gasteiger partial charge in [-0.1, -0.05) is 30.9 Å². The van der Waals surface area contributed by atoms with Gasteiger partial charge in [-0.05, 0) is 24.1 Å². The van der Waals surface area contributed by atoms with Gasteiger partial charge in [-0.15, -0.1) is 0 Å². The number of nitrogens with two attached hydrogens (primary N) is 1. The van der Waals surface area contributed by atoms with Gasteiger partial charge in [-0.2, -0.15) is 0 Å². The maximum absolute atomic E-state index is 5.53. The van der Waals surface area contributed by atoms with Crippen LogP contribution in [-0.4, -0.2) is 26.4 Å². The molecule has 18 heavy (non-hydrogen) atoms. The molecule has 0 spiro atoms. The summed E-state index contributed by atoms with van der Waals surface area (Å²) in [4.78, 5) is 0. The van der Waals surface area contributed by atoms with E-state index in [1.807, 2.05) is 24.3 Å². The van der Waals surface area contributed by atoms with E-state index in [1.54, 1.807) is 0 Å². The summed E-state index contributed by atoms with van der Waals surface area (Å²) < 4.78 is 10.9. The van der Waals surface area contributed by atoms with Crippen LogP contribution in [0.5, 0.6) is 0 Å². The van der Waals surface area contributed by atoms with E-state index < -0.39 is 0 Å². The van der Waals surface area contributed by atoms with E-state index in [4.69, 9.17) is 15.2 Å². The van der Waals surface area contributed by atoms with E-state index in [0.717, 1.165) is 24.2 Å². The Hall–Kier alpha value is -1.34. The van der Waals surface area contributed by atoms with E-state index in [2.05, 4.69) is 18.8 Å². The third kappa shape index (κ3) is 6.41. The van der Waals surface area contributed by atoms with Crippen molar-refractivity contribution in [3.8, 4) is 11.8 Å². The molecular formula is C15H21NO2. The van der Waals surface area contributed by atoms with Crippen molar-refractivity contribution in [2.45, 2.75) is 20.0 Å². The van der Waals surface area contributed by atoms with Crippen molar-refractivity contribution in [2.75, 3.05) is 26.4 Å². The van der Waals surface area contributed by atoms with Crippen LogP contribution < -0.4 is 5.73 Å². The molecule has 3 heteroatoms. The van der Waals surface area contributed by atoms with Gasteiger partial charge in [-0.3, -0.25) is 0 Å². The SMILES string of the molecule is CCCOCCOCc1cccc(C#CCN)c1. The predicted octanol–water partition coefficient (Wildman–Crippen LogP) is 1.94. The zero-order valence-electron chi connectivity index (χ0n) is 10.9. The monoisotopic (exact) mass is 247 g/mol. The third-order valence-corrected chi connectivity index (χ3v) is 2.25. The molecular weight excluding hydrogens is 226 g/mol. The molecule has 0 saturated heterocycles. The van der Waals surface area contributed by atoms with Gasteiger partial charge in [-0.25, -0.2) is 0 Å². The van der Waals surface area contributed by atoms with E-state index in [1.165, 1.54) is 0 Å². The largest absolute Gasteiger partial charge is 0.379 e. The molecule has 0 aromatic heterocycles. The molecule has 0 amide bonds. The molecule has 0 aliphatic carbocycles. The molecule has 0 atom stereocenters. The highest BCUT2D eigenvalue weighted by Crippen LogP contribution is 2.05. The van der Waals surface area contributed by atoms with Crippen LogP contribution in [0, 0.1) is 11.8 Å². The van der Waals surface area contributed by atoms with Gasteiger partial charge in [0, 0.05) is 12.2 Å². The smallest absolute Gasteiger partial charge is 0.0718 e. The zero-order chi connectivity index (χ0) is 13.1. The second-order valence-corrected chi connectivity index (χ2v) is 3.87. The van der Waals surface area contributed by atoms with E-state index in [-0.39, 0.29) is 0 Å². The van der Waals surface area contributed by atoms with Gasteiger partial charge in [0.15, 0.2) is 0 Å². The summed E-state index contributed by atoms with van der Waals surface area (Å²) in [5.74, 6) is 5.85. The Bertz CT molecular complexity index is 393. The molecule has 0 radical (unpaired) electrons. The van der Waals surface area contributed by atoms with Crippen molar-refractivity contribution < 1.29 is 9.47 Å². The van der Waals surface area contributed by atoms with Gasteiger partial charge in [0.1, 0.15) is 0 Å². The normalized spacial score (nSPS) is 9.89. The standard InChI is InChI=1S/C15H21NO2/c1-2-9-17-10-11-18-13-15-6-3-5-14(12-15)7-4-8-16/h3,5-6,12H,2,8-11,13,16H2,1H3. The van der Waals surface area contributed by atoms with Gasteiger partial charge in [0.25, 0.3) is 0 Å². The molecule has 0 unspecified atom stereocenters. The first kappa shape index (κ1) is 14.7. The summed E-state index contributed by atoms with van der Waals surface area (Å²) in [6, 6.07) is 8.00. The van der Waals surface area contributed by atoms with Crippen molar-refractivity contribution in [2.24, 2.45) is 5.73 Å². The third-order valence-electron chi connectivity index (χ3n) is 2.25. The van der Waals surface area contributed by atoms with E-state index >= 15 is 0 Å². The lowest BCUT2D eigenvalue weighted by Crippen LogP contribution is -2.04. The first-order chi connectivity index (χ1) is 8.86.